The number of amides is 1. The molecule has 1 unspecified atom stereocenters. The van der Waals surface area contributed by atoms with Crippen molar-refractivity contribution in [2.75, 3.05) is 5.32 Å². The summed E-state index contributed by atoms with van der Waals surface area (Å²) in [4.78, 5) is 15.7. The second-order valence-electron chi connectivity index (χ2n) is 4.06. The second-order valence-corrected chi connectivity index (χ2v) is 4.92. The predicted octanol–water partition coefficient (Wildman–Crippen LogP) is 1.90. The van der Waals surface area contributed by atoms with Gasteiger partial charge in [0.15, 0.2) is 5.13 Å². The Labute approximate surface area is 92.9 Å². The Hall–Kier alpha value is -0.940. The monoisotopic (exact) mass is 225 g/mol. The van der Waals surface area contributed by atoms with Crippen molar-refractivity contribution in [2.24, 2.45) is 11.7 Å². The lowest BCUT2D eigenvalue weighted by Gasteiger charge is -2.00. The highest BCUT2D eigenvalue weighted by molar-refractivity contribution is 7.13. The van der Waals surface area contributed by atoms with Gasteiger partial charge in [-0.3, -0.25) is 4.79 Å². The Kier molecular flexibility index (Phi) is 3.02. The van der Waals surface area contributed by atoms with Gasteiger partial charge in [-0.15, -0.1) is 11.3 Å². The summed E-state index contributed by atoms with van der Waals surface area (Å²) in [5.41, 5.74) is 6.51. The van der Waals surface area contributed by atoms with E-state index in [4.69, 9.17) is 5.73 Å². The van der Waals surface area contributed by atoms with Crippen molar-refractivity contribution in [3.8, 4) is 0 Å². The minimum Gasteiger partial charge on any atom is -0.323 e. The SMILES string of the molecule is CC(N)c1csc(NC(=O)CC2CC2)n1. The molecule has 2 rings (SSSR count). The van der Waals surface area contributed by atoms with Crippen LogP contribution in [0, 0.1) is 5.92 Å². The average Bonchev–Trinajstić information content (AvgIpc) is 2.82. The molecule has 1 aliphatic carbocycles. The van der Waals surface area contributed by atoms with E-state index in [9.17, 15) is 4.79 Å². The van der Waals surface area contributed by atoms with Gasteiger partial charge in [0.25, 0.3) is 0 Å². The van der Waals surface area contributed by atoms with E-state index in [0.29, 0.717) is 17.5 Å². The number of carbonyl (C=O) groups is 1. The van der Waals surface area contributed by atoms with Crippen molar-refractivity contribution in [2.45, 2.75) is 32.2 Å². The molecule has 1 atom stereocenters. The summed E-state index contributed by atoms with van der Waals surface area (Å²) in [5.74, 6) is 0.681. The smallest absolute Gasteiger partial charge is 0.226 e. The molecule has 0 bridgehead atoms. The molecule has 1 aromatic heterocycles. The van der Waals surface area contributed by atoms with Crippen LogP contribution in [0.15, 0.2) is 5.38 Å². The van der Waals surface area contributed by atoms with Crippen LogP contribution in [0.25, 0.3) is 0 Å². The van der Waals surface area contributed by atoms with E-state index in [2.05, 4.69) is 10.3 Å². The van der Waals surface area contributed by atoms with E-state index >= 15 is 0 Å². The van der Waals surface area contributed by atoms with Crippen LogP contribution in [0.1, 0.15) is 37.9 Å². The van der Waals surface area contributed by atoms with Gasteiger partial charge in [-0.1, -0.05) is 0 Å². The van der Waals surface area contributed by atoms with Gasteiger partial charge in [0.2, 0.25) is 5.91 Å². The molecule has 1 aliphatic rings. The van der Waals surface area contributed by atoms with Gasteiger partial charge in [-0.25, -0.2) is 4.98 Å². The molecule has 4 nitrogen and oxygen atoms in total. The van der Waals surface area contributed by atoms with Crippen LogP contribution in [0.4, 0.5) is 5.13 Å². The fourth-order valence-corrected chi connectivity index (χ4v) is 2.14. The fourth-order valence-electron chi connectivity index (χ4n) is 1.31. The lowest BCUT2D eigenvalue weighted by Crippen LogP contribution is -2.12. The van der Waals surface area contributed by atoms with Gasteiger partial charge in [-0.2, -0.15) is 0 Å². The molecular formula is C10H15N3OS. The molecule has 1 heterocycles. The highest BCUT2D eigenvalue weighted by atomic mass is 32.1. The molecule has 1 fully saturated rings. The minimum atomic E-state index is -0.0738. The van der Waals surface area contributed by atoms with Crippen LogP contribution in [-0.2, 0) is 4.79 Å². The average molecular weight is 225 g/mol. The van der Waals surface area contributed by atoms with Crippen LogP contribution in [0.3, 0.4) is 0 Å². The number of rotatable bonds is 4. The third-order valence-corrected chi connectivity index (χ3v) is 3.18. The number of hydrogen-bond acceptors (Lipinski definition) is 4. The Morgan fingerprint density at radius 3 is 3.07 bits per heavy atom. The van der Waals surface area contributed by atoms with Gasteiger partial charge in [0.05, 0.1) is 5.69 Å². The van der Waals surface area contributed by atoms with E-state index in [1.54, 1.807) is 0 Å². The largest absolute Gasteiger partial charge is 0.323 e. The molecule has 15 heavy (non-hydrogen) atoms. The van der Waals surface area contributed by atoms with E-state index in [1.165, 1.54) is 24.2 Å². The molecule has 1 saturated carbocycles. The van der Waals surface area contributed by atoms with Crippen molar-refractivity contribution in [3.63, 3.8) is 0 Å². The number of hydrogen-bond donors (Lipinski definition) is 2. The van der Waals surface area contributed by atoms with E-state index in [0.717, 1.165) is 5.69 Å². The van der Waals surface area contributed by atoms with Crippen LogP contribution >= 0.6 is 11.3 Å². The lowest BCUT2D eigenvalue weighted by atomic mass is 10.3. The number of anilines is 1. The maximum absolute atomic E-state index is 11.5. The summed E-state index contributed by atoms with van der Waals surface area (Å²) in [6.45, 7) is 1.88. The Bertz CT molecular complexity index is 357. The molecule has 3 N–H and O–H groups in total. The van der Waals surface area contributed by atoms with Crippen LogP contribution < -0.4 is 11.1 Å². The summed E-state index contributed by atoms with van der Waals surface area (Å²) < 4.78 is 0. The third-order valence-electron chi connectivity index (χ3n) is 2.41. The molecular weight excluding hydrogens is 210 g/mol. The summed E-state index contributed by atoms with van der Waals surface area (Å²) >= 11 is 1.43. The van der Waals surface area contributed by atoms with Crippen molar-refractivity contribution < 1.29 is 4.79 Å². The lowest BCUT2D eigenvalue weighted by molar-refractivity contribution is -0.116. The van der Waals surface area contributed by atoms with Crippen molar-refractivity contribution in [1.82, 2.24) is 4.98 Å². The second kappa shape index (κ2) is 4.28. The summed E-state index contributed by atoms with van der Waals surface area (Å²) in [5, 5.41) is 5.35. The Morgan fingerprint density at radius 1 is 1.80 bits per heavy atom. The molecule has 1 aromatic rings. The summed E-state index contributed by atoms with van der Waals surface area (Å²) in [7, 11) is 0. The molecule has 0 aromatic carbocycles. The van der Waals surface area contributed by atoms with Gasteiger partial charge >= 0.3 is 0 Å². The van der Waals surface area contributed by atoms with E-state index < -0.39 is 0 Å². The number of aromatic nitrogens is 1. The first-order chi connectivity index (χ1) is 7.15. The van der Waals surface area contributed by atoms with Gasteiger partial charge in [0, 0.05) is 17.8 Å². The molecule has 0 saturated heterocycles. The number of nitrogens with zero attached hydrogens (tertiary/aromatic N) is 1. The van der Waals surface area contributed by atoms with Gasteiger partial charge in [-0.05, 0) is 25.7 Å². The zero-order valence-corrected chi connectivity index (χ0v) is 9.51. The normalized spacial score (nSPS) is 17.5. The maximum atomic E-state index is 11.5. The number of carbonyl (C=O) groups excluding carboxylic acids is 1. The number of thiazole rings is 1. The van der Waals surface area contributed by atoms with Crippen molar-refractivity contribution in [3.05, 3.63) is 11.1 Å². The van der Waals surface area contributed by atoms with Crippen LogP contribution in [0.2, 0.25) is 0 Å². The number of nitrogens with two attached hydrogens (primary N) is 1. The molecule has 0 spiro atoms. The van der Waals surface area contributed by atoms with E-state index in [1.807, 2.05) is 12.3 Å². The zero-order chi connectivity index (χ0) is 10.8. The quantitative estimate of drug-likeness (QED) is 0.822. The third kappa shape index (κ3) is 3.00. The molecule has 5 heteroatoms. The Balaban J connectivity index is 1.88. The van der Waals surface area contributed by atoms with Crippen molar-refractivity contribution in [1.29, 1.82) is 0 Å². The summed E-state index contributed by atoms with van der Waals surface area (Å²) in [6.07, 6.45) is 3.01. The molecule has 0 radical (unpaired) electrons. The standard InChI is InChI=1S/C10H15N3OS/c1-6(11)8-5-15-10(12-8)13-9(14)4-7-2-3-7/h5-7H,2-4,11H2,1H3,(H,12,13,14). The van der Waals surface area contributed by atoms with Gasteiger partial charge in [0.1, 0.15) is 0 Å². The highest BCUT2D eigenvalue weighted by Gasteiger charge is 2.24. The topological polar surface area (TPSA) is 68.0 Å². The first-order valence-corrected chi connectivity index (χ1v) is 6.04. The van der Waals surface area contributed by atoms with Crippen LogP contribution in [-0.4, -0.2) is 10.9 Å². The fraction of sp³-hybridized carbons (Fsp3) is 0.600. The first kappa shape index (κ1) is 10.6. The maximum Gasteiger partial charge on any atom is 0.226 e. The van der Waals surface area contributed by atoms with E-state index in [-0.39, 0.29) is 11.9 Å². The molecule has 1 amide bonds. The predicted molar refractivity (Wildman–Crippen MR) is 60.7 cm³/mol. The van der Waals surface area contributed by atoms with Gasteiger partial charge < -0.3 is 11.1 Å². The highest BCUT2D eigenvalue weighted by Crippen LogP contribution is 2.32. The zero-order valence-electron chi connectivity index (χ0n) is 8.69. The van der Waals surface area contributed by atoms with Crippen LogP contribution in [0.5, 0.6) is 0 Å². The minimum absolute atomic E-state index is 0.0723. The number of nitrogens with one attached hydrogen (secondary N) is 1. The first-order valence-electron chi connectivity index (χ1n) is 5.16. The molecule has 82 valence electrons. The Morgan fingerprint density at radius 2 is 2.53 bits per heavy atom. The molecule has 0 aliphatic heterocycles. The summed E-state index contributed by atoms with van der Waals surface area (Å²) in [6, 6.07) is -0.0738. The van der Waals surface area contributed by atoms with Crippen molar-refractivity contribution >= 4 is 22.4 Å².